The second-order valence-corrected chi connectivity index (χ2v) is 4.65. The molecule has 2 rings (SSSR count). The van der Waals surface area contributed by atoms with Gasteiger partial charge in [0.1, 0.15) is 0 Å². The largest absolute Gasteiger partial charge is 0.355 e. The third-order valence-corrected chi connectivity index (χ3v) is 3.54. The van der Waals surface area contributed by atoms with E-state index in [-0.39, 0.29) is 0 Å². The standard InChI is InChI=1S/C12H18ClN3/c1-2-10-4-3-7-16(9-10)12-6-5-11(8-13)14-15-12/h5-6,10H,2-4,7-9H2,1H3. The second kappa shape index (κ2) is 5.48. The zero-order chi connectivity index (χ0) is 11.4. The molecule has 88 valence electrons. The molecule has 1 aromatic rings. The third-order valence-electron chi connectivity index (χ3n) is 3.26. The molecule has 1 unspecified atom stereocenters. The van der Waals surface area contributed by atoms with Crippen LogP contribution in [0.3, 0.4) is 0 Å². The topological polar surface area (TPSA) is 29.0 Å². The molecule has 4 heteroatoms. The molecule has 16 heavy (non-hydrogen) atoms. The Balaban J connectivity index is 2.05. The van der Waals surface area contributed by atoms with Gasteiger partial charge in [0.2, 0.25) is 0 Å². The SMILES string of the molecule is CCC1CCCN(c2ccc(CCl)nn2)C1. The van der Waals surface area contributed by atoms with E-state index in [2.05, 4.69) is 22.0 Å². The van der Waals surface area contributed by atoms with Gasteiger partial charge in [0, 0.05) is 13.1 Å². The predicted molar refractivity (Wildman–Crippen MR) is 66.8 cm³/mol. The summed E-state index contributed by atoms with van der Waals surface area (Å²) in [5.41, 5.74) is 0.842. The van der Waals surface area contributed by atoms with Gasteiger partial charge in [-0.2, -0.15) is 5.10 Å². The quantitative estimate of drug-likeness (QED) is 0.760. The smallest absolute Gasteiger partial charge is 0.151 e. The highest BCUT2D eigenvalue weighted by atomic mass is 35.5. The average Bonchev–Trinajstić information content (AvgIpc) is 2.39. The number of hydrogen-bond donors (Lipinski definition) is 0. The van der Waals surface area contributed by atoms with Crippen molar-refractivity contribution in [3.05, 3.63) is 17.8 Å². The molecule has 2 heterocycles. The fraction of sp³-hybridized carbons (Fsp3) is 0.667. The van der Waals surface area contributed by atoms with E-state index in [1.807, 2.05) is 12.1 Å². The molecule has 3 nitrogen and oxygen atoms in total. The van der Waals surface area contributed by atoms with Gasteiger partial charge in [0.15, 0.2) is 5.82 Å². The Hall–Kier alpha value is -0.830. The Morgan fingerprint density at radius 3 is 2.94 bits per heavy atom. The van der Waals surface area contributed by atoms with Crippen molar-refractivity contribution in [3.63, 3.8) is 0 Å². The van der Waals surface area contributed by atoms with E-state index >= 15 is 0 Å². The summed E-state index contributed by atoms with van der Waals surface area (Å²) in [4.78, 5) is 2.34. The molecule has 1 aromatic heterocycles. The van der Waals surface area contributed by atoms with Crippen LogP contribution in [0.5, 0.6) is 0 Å². The molecule has 0 radical (unpaired) electrons. The number of nitrogens with zero attached hydrogens (tertiary/aromatic N) is 3. The van der Waals surface area contributed by atoms with E-state index in [1.165, 1.54) is 19.3 Å². The highest BCUT2D eigenvalue weighted by Gasteiger charge is 2.19. The molecule has 0 spiro atoms. The molecule has 1 fully saturated rings. The molecule has 0 amide bonds. The van der Waals surface area contributed by atoms with Gasteiger partial charge in [0.25, 0.3) is 0 Å². The van der Waals surface area contributed by atoms with Crippen molar-refractivity contribution in [2.24, 2.45) is 5.92 Å². The highest BCUT2D eigenvalue weighted by molar-refractivity contribution is 6.16. The number of anilines is 1. The van der Waals surface area contributed by atoms with Crippen LogP contribution in [0.4, 0.5) is 5.82 Å². The number of rotatable bonds is 3. The first-order chi connectivity index (χ1) is 7.83. The van der Waals surface area contributed by atoms with Crippen molar-refractivity contribution in [2.45, 2.75) is 32.1 Å². The lowest BCUT2D eigenvalue weighted by Crippen LogP contribution is -2.35. The van der Waals surface area contributed by atoms with Gasteiger partial charge >= 0.3 is 0 Å². The molecule has 0 N–H and O–H groups in total. The summed E-state index contributed by atoms with van der Waals surface area (Å²) in [6.07, 6.45) is 3.86. The molecule has 1 aliphatic rings. The Morgan fingerprint density at radius 1 is 1.44 bits per heavy atom. The zero-order valence-electron chi connectivity index (χ0n) is 9.69. The van der Waals surface area contributed by atoms with E-state index in [4.69, 9.17) is 11.6 Å². The van der Waals surface area contributed by atoms with Gasteiger partial charge in [-0.3, -0.25) is 0 Å². The van der Waals surface area contributed by atoms with Gasteiger partial charge in [-0.25, -0.2) is 0 Å². The zero-order valence-corrected chi connectivity index (χ0v) is 10.5. The molecular formula is C12H18ClN3. The van der Waals surface area contributed by atoms with Gasteiger partial charge in [-0.05, 0) is 30.9 Å². The highest BCUT2D eigenvalue weighted by Crippen LogP contribution is 2.23. The lowest BCUT2D eigenvalue weighted by molar-refractivity contribution is 0.402. The lowest BCUT2D eigenvalue weighted by Gasteiger charge is -2.32. The van der Waals surface area contributed by atoms with Crippen LogP contribution in [0.15, 0.2) is 12.1 Å². The van der Waals surface area contributed by atoms with Crippen LogP contribution in [0, 0.1) is 5.92 Å². The molecule has 0 bridgehead atoms. The Bertz CT molecular complexity index is 326. The minimum atomic E-state index is 0.435. The molecule has 1 saturated heterocycles. The van der Waals surface area contributed by atoms with Gasteiger partial charge < -0.3 is 4.90 Å². The summed E-state index contributed by atoms with van der Waals surface area (Å²) < 4.78 is 0. The first-order valence-electron chi connectivity index (χ1n) is 5.97. The summed E-state index contributed by atoms with van der Waals surface area (Å²) in [5, 5.41) is 8.33. The third kappa shape index (κ3) is 2.64. The lowest BCUT2D eigenvalue weighted by atomic mass is 9.96. The number of hydrogen-bond acceptors (Lipinski definition) is 3. The van der Waals surface area contributed by atoms with Crippen molar-refractivity contribution in [2.75, 3.05) is 18.0 Å². The van der Waals surface area contributed by atoms with Crippen LogP contribution >= 0.6 is 11.6 Å². The normalized spacial score (nSPS) is 21.1. The Morgan fingerprint density at radius 2 is 2.31 bits per heavy atom. The van der Waals surface area contributed by atoms with Crippen LogP contribution in [0.25, 0.3) is 0 Å². The van der Waals surface area contributed by atoms with Crippen LogP contribution in [0.2, 0.25) is 0 Å². The van der Waals surface area contributed by atoms with Crippen LogP contribution < -0.4 is 4.90 Å². The summed E-state index contributed by atoms with van der Waals surface area (Å²) in [5.74, 6) is 2.24. The van der Waals surface area contributed by atoms with Crippen molar-refractivity contribution in [1.29, 1.82) is 0 Å². The molecule has 0 aliphatic carbocycles. The number of halogens is 1. The van der Waals surface area contributed by atoms with Crippen LogP contribution in [-0.4, -0.2) is 23.3 Å². The van der Waals surface area contributed by atoms with Crippen LogP contribution in [-0.2, 0) is 5.88 Å². The maximum Gasteiger partial charge on any atom is 0.151 e. The predicted octanol–water partition coefficient (Wildman–Crippen LogP) is 2.84. The molecule has 0 aromatic carbocycles. The molecule has 1 atom stereocenters. The van der Waals surface area contributed by atoms with E-state index in [0.29, 0.717) is 5.88 Å². The van der Waals surface area contributed by atoms with Crippen molar-refractivity contribution in [1.82, 2.24) is 10.2 Å². The summed E-state index contributed by atoms with van der Waals surface area (Å²) in [6.45, 7) is 4.48. The molecule has 1 aliphatic heterocycles. The maximum absolute atomic E-state index is 5.69. The Kier molecular flexibility index (Phi) is 3.99. The van der Waals surface area contributed by atoms with Crippen LogP contribution in [0.1, 0.15) is 31.9 Å². The van der Waals surface area contributed by atoms with E-state index in [0.717, 1.165) is 30.5 Å². The fourth-order valence-electron chi connectivity index (χ4n) is 2.20. The maximum atomic E-state index is 5.69. The minimum absolute atomic E-state index is 0.435. The summed E-state index contributed by atoms with van der Waals surface area (Å²) in [6, 6.07) is 3.99. The van der Waals surface area contributed by atoms with Crippen molar-refractivity contribution >= 4 is 17.4 Å². The first kappa shape index (κ1) is 11.6. The summed E-state index contributed by atoms with van der Waals surface area (Å²) in [7, 11) is 0. The second-order valence-electron chi connectivity index (χ2n) is 4.38. The van der Waals surface area contributed by atoms with E-state index in [1.54, 1.807) is 0 Å². The number of aromatic nitrogens is 2. The number of alkyl halides is 1. The average molecular weight is 240 g/mol. The van der Waals surface area contributed by atoms with Gasteiger partial charge in [-0.1, -0.05) is 13.3 Å². The van der Waals surface area contributed by atoms with Crippen molar-refractivity contribution < 1.29 is 0 Å². The van der Waals surface area contributed by atoms with E-state index < -0.39 is 0 Å². The summed E-state index contributed by atoms with van der Waals surface area (Å²) >= 11 is 5.69. The van der Waals surface area contributed by atoms with Crippen molar-refractivity contribution in [3.8, 4) is 0 Å². The Labute approximate surface area is 102 Å². The monoisotopic (exact) mass is 239 g/mol. The molecule has 0 saturated carbocycles. The van der Waals surface area contributed by atoms with E-state index in [9.17, 15) is 0 Å². The van der Waals surface area contributed by atoms with Gasteiger partial charge in [0.05, 0.1) is 11.6 Å². The minimum Gasteiger partial charge on any atom is -0.355 e. The number of piperidine rings is 1. The van der Waals surface area contributed by atoms with Gasteiger partial charge in [-0.15, -0.1) is 16.7 Å². The first-order valence-corrected chi connectivity index (χ1v) is 6.50. The fourth-order valence-corrected chi connectivity index (χ4v) is 2.34. The molecular weight excluding hydrogens is 222 g/mol.